The SMILES string of the molecule is CCOc1cc(/C=C2/SC(=S)N(c3ccc(Cl)cc3)C2=O)ccc1O. The number of thiocarbonyl (C=S) groups is 1. The third-order valence-corrected chi connectivity index (χ3v) is 5.01. The van der Waals surface area contributed by atoms with Gasteiger partial charge in [0.05, 0.1) is 17.2 Å². The number of hydrogen-bond donors (Lipinski definition) is 1. The molecule has 25 heavy (non-hydrogen) atoms. The predicted molar refractivity (Wildman–Crippen MR) is 106 cm³/mol. The van der Waals surface area contributed by atoms with E-state index in [4.69, 9.17) is 28.6 Å². The van der Waals surface area contributed by atoms with Crippen LogP contribution >= 0.6 is 35.6 Å². The highest BCUT2D eigenvalue weighted by Gasteiger charge is 2.33. The van der Waals surface area contributed by atoms with Gasteiger partial charge in [-0.3, -0.25) is 9.69 Å². The van der Waals surface area contributed by atoms with Gasteiger partial charge in [-0.15, -0.1) is 0 Å². The molecule has 0 atom stereocenters. The van der Waals surface area contributed by atoms with Gasteiger partial charge in [0.2, 0.25) is 0 Å². The van der Waals surface area contributed by atoms with Crippen molar-refractivity contribution in [2.45, 2.75) is 6.92 Å². The van der Waals surface area contributed by atoms with Gasteiger partial charge in [0.15, 0.2) is 15.8 Å². The molecule has 128 valence electrons. The molecule has 1 amide bonds. The fourth-order valence-electron chi connectivity index (χ4n) is 2.32. The van der Waals surface area contributed by atoms with Crippen LogP contribution in [-0.4, -0.2) is 21.9 Å². The zero-order valence-corrected chi connectivity index (χ0v) is 15.6. The summed E-state index contributed by atoms with van der Waals surface area (Å²) in [4.78, 5) is 14.7. The van der Waals surface area contributed by atoms with Crippen LogP contribution in [0.5, 0.6) is 11.5 Å². The van der Waals surface area contributed by atoms with Crippen molar-refractivity contribution >= 4 is 57.6 Å². The third kappa shape index (κ3) is 3.81. The molecule has 0 aromatic heterocycles. The van der Waals surface area contributed by atoms with Gasteiger partial charge in [0.1, 0.15) is 0 Å². The van der Waals surface area contributed by atoms with Gasteiger partial charge in [-0.1, -0.05) is 41.6 Å². The molecular weight excluding hydrogens is 378 g/mol. The van der Waals surface area contributed by atoms with E-state index in [1.807, 2.05) is 6.92 Å². The van der Waals surface area contributed by atoms with Gasteiger partial charge in [0, 0.05) is 5.02 Å². The number of halogens is 1. The highest BCUT2D eigenvalue weighted by molar-refractivity contribution is 8.27. The Morgan fingerprint density at radius 1 is 1.28 bits per heavy atom. The van der Waals surface area contributed by atoms with Crippen molar-refractivity contribution in [3.63, 3.8) is 0 Å². The minimum Gasteiger partial charge on any atom is -0.504 e. The highest BCUT2D eigenvalue weighted by Crippen LogP contribution is 2.37. The predicted octanol–water partition coefficient (Wildman–Crippen LogP) is 4.85. The lowest BCUT2D eigenvalue weighted by molar-refractivity contribution is -0.113. The van der Waals surface area contributed by atoms with E-state index in [1.165, 1.54) is 22.7 Å². The summed E-state index contributed by atoms with van der Waals surface area (Å²) in [6.07, 6.45) is 1.73. The summed E-state index contributed by atoms with van der Waals surface area (Å²) in [6, 6.07) is 11.9. The first-order valence-electron chi connectivity index (χ1n) is 7.49. The molecule has 0 spiro atoms. The van der Waals surface area contributed by atoms with E-state index in [-0.39, 0.29) is 11.7 Å². The molecule has 2 aromatic rings. The largest absolute Gasteiger partial charge is 0.504 e. The summed E-state index contributed by atoms with van der Waals surface area (Å²) in [5.41, 5.74) is 1.42. The maximum Gasteiger partial charge on any atom is 0.270 e. The van der Waals surface area contributed by atoms with E-state index in [2.05, 4.69) is 0 Å². The van der Waals surface area contributed by atoms with Gasteiger partial charge in [-0.25, -0.2) is 0 Å². The Bertz CT molecular complexity index is 865. The standard InChI is InChI=1S/C18H14ClNO3S2/c1-2-23-15-9-11(3-8-14(15)21)10-16-17(22)20(18(24)25-16)13-6-4-12(19)5-7-13/h3-10,21H,2H2,1H3/b16-10+. The molecule has 1 aliphatic heterocycles. The molecule has 3 rings (SSSR count). The van der Waals surface area contributed by atoms with Crippen LogP contribution in [0.4, 0.5) is 5.69 Å². The molecule has 0 radical (unpaired) electrons. The average molecular weight is 392 g/mol. The van der Waals surface area contributed by atoms with Gasteiger partial charge in [0.25, 0.3) is 5.91 Å². The van der Waals surface area contributed by atoms with Crippen molar-refractivity contribution < 1.29 is 14.6 Å². The molecule has 4 nitrogen and oxygen atoms in total. The summed E-state index contributed by atoms with van der Waals surface area (Å²) in [7, 11) is 0. The smallest absolute Gasteiger partial charge is 0.270 e. The van der Waals surface area contributed by atoms with Gasteiger partial charge in [-0.05, 0) is 55.0 Å². The van der Waals surface area contributed by atoms with Crippen LogP contribution in [0.1, 0.15) is 12.5 Å². The lowest BCUT2D eigenvalue weighted by Gasteiger charge is -2.14. The molecule has 0 saturated carbocycles. The van der Waals surface area contributed by atoms with Crippen LogP contribution in [0.3, 0.4) is 0 Å². The van der Waals surface area contributed by atoms with Crippen molar-refractivity contribution in [2.24, 2.45) is 0 Å². The van der Waals surface area contributed by atoms with E-state index < -0.39 is 0 Å². The van der Waals surface area contributed by atoms with Crippen LogP contribution in [0.15, 0.2) is 47.4 Å². The Labute approximate surface area is 160 Å². The van der Waals surface area contributed by atoms with Crippen LogP contribution in [0.25, 0.3) is 6.08 Å². The molecule has 1 saturated heterocycles. The zero-order valence-electron chi connectivity index (χ0n) is 13.2. The Morgan fingerprint density at radius 3 is 2.68 bits per heavy atom. The fourth-order valence-corrected chi connectivity index (χ4v) is 3.75. The van der Waals surface area contributed by atoms with Crippen LogP contribution in [0.2, 0.25) is 5.02 Å². The first kappa shape index (κ1) is 17.8. The molecule has 0 aliphatic carbocycles. The Balaban J connectivity index is 1.90. The maximum absolute atomic E-state index is 12.7. The normalized spacial score (nSPS) is 15.9. The van der Waals surface area contributed by atoms with E-state index in [0.29, 0.717) is 32.3 Å². The average Bonchev–Trinajstić information content (AvgIpc) is 2.86. The number of anilines is 1. The summed E-state index contributed by atoms with van der Waals surface area (Å²) in [5.74, 6) is 0.250. The van der Waals surface area contributed by atoms with Gasteiger partial charge < -0.3 is 9.84 Å². The lowest BCUT2D eigenvalue weighted by atomic mass is 10.2. The van der Waals surface area contributed by atoms with Crippen LogP contribution in [0, 0.1) is 0 Å². The number of phenolic OH excluding ortho intramolecular Hbond substituents is 1. The number of ether oxygens (including phenoxy) is 1. The summed E-state index contributed by atoms with van der Waals surface area (Å²) < 4.78 is 5.83. The second-order valence-corrected chi connectivity index (χ2v) is 7.27. The van der Waals surface area contributed by atoms with Gasteiger partial charge in [-0.2, -0.15) is 0 Å². The molecular formula is C18H14ClNO3S2. The minimum absolute atomic E-state index is 0.0627. The van der Waals surface area contributed by atoms with Crippen molar-refractivity contribution in [1.82, 2.24) is 0 Å². The van der Waals surface area contributed by atoms with Crippen molar-refractivity contribution in [2.75, 3.05) is 11.5 Å². The highest BCUT2D eigenvalue weighted by atomic mass is 35.5. The fraction of sp³-hybridized carbons (Fsp3) is 0.111. The number of carbonyl (C=O) groups excluding carboxylic acids is 1. The van der Waals surface area contributed by atoms with E-state index >= 15 is 0 Å². The molecule has 1 N–H and O–H groups in total. The van der Waals surface area contributed by atoms with E-state index in [0.717, 1.165) is 5.56 Å². The van der Waals surface area contributed by atoms with Gasteiger partial charge >= 0.3 is 0 Å². The first-order valence-corrected chi connectivity index (χ1v) is 9.09. The quantitative estimate of drug-likeness (QED) is 0.596. The molecule has 7 heteroatoms. The maximum atomic E-state index is 12.7. The van der Waals surface area contributed by atoms with Crippen LogP contribution < -0.4 is 9.64 Å². The number of thioether (sulfide) groups is 1. The number of nitrogens with zero attached hydrogens (tertiary/aromatic N) is 1. The second-order valence-electron chi connectivity index (χ2n) is 5.15. The summed E-state index contributed by atoms with van der Waals surface area (Å²) in [6.45, 7) is 2.28. The van der Waals surface area contributed by atoms with E-state index in [1.54, 1.807) is 42.5 Å². The number of carbonyl (C=O) groups is 1. The number of hydrogen-bond acceptors (Lipinski definition) is 5. The van der Waals surface area contributed by atoms with E-state index in [9.17, 15) is 9.90 Å². The zero-order chi connectivity index (χ0) is 18.0. The molecule has 0 bridgehead atoms. The molecule has 2 aromatic carbocycles. The Morgan fingerprint density at radius 2 is 2.00 bits per heavy atom. The molecule has 1 heterocycles. The number of benzene rings is 2. The van der Waals surface area contributed by atoms with Crippen LogP contribution in [-0.2, 0) is 4.79 Å². The monoisotopic (exact) mass is 391 g/mol. The summed E-state index contributed by atoms with van der Waals surface area (Å²) in [5, 5.41) is 10.4. The molecule has 1 fully saturated rings. The number of rotatable bonds is 4. The number of amides is 1. The second kappa shape index (κ2) is 7.47. The Kier molecular flexibility index (Phi) is 5.32. The number of aromatic hydroxyl groups is 1. The van der Waals surface area contributed by atoms with Crippen molar-refractivity contribution in [3.8, 4) is 11.5 Å². The minimum atomic E-state index is -0.191. The Hall–Kier alpha value is -2.02. The van der Waals surface area contributed by atoms with Crippen molar-refractivity contribution in [3.05, 3.63) is 58.0 Å². The number of phenols is 1. The topological polar surface area (TPSA) is 49.8 Å². The summed E-state index contributed by atoms with van der Waals surface area (Å²) >= 11 is 12.5. The van der Waals surface area contributed by atoms with Crippen molar-refractivity contribution in [1.29, 1.82) is 0 Å². The molecule has 0 unspecified atom stereocenters. The molecule has 1 aliphatic rings. The third-order valence-electron chi connectivity index (χ3n) is 3.46. The first-order chi connectivity index (χ1) is 12.0. The lowest BCUT2D eigenvalue weighted by Crippen LogP contribution is -2.27.